The van der Waals surface area contributed by atoms with Crippen molar-refractivity contribution in [2.75, 3.05) is 6.61 Å². The minimum Gasteiger partial charge on any atom is -0.391 e. The predicted molar refractivity (Wildman–Crippen MR) is 134 cm³/mol. The molecule has 0 amide bonds. The van der Waals surface area contributed by atoms with Crippen LogP contribution >= 0.6 is 0 Å². The van der Waals surface area contributed by atoms with Crippen LogP contribution in [0.4, 0.5) is 0 Å². The van der Waals surface area contributed by atoms with Crippen LogP contribution < -0.4 is 0 Å². The first-order valence-electron chi connectivity index (χ1n) is 14.0. The van der Waals surface area contributed by atoms with Crippen molar-refractivity contribution in [3.05, 3.63) is 0 Å². The molecule has 0 aromatic rings. The van der Waals surface area contributed by atoms with Crippen LogP contribution in [-0.4, -0.2) is 23.9 Å². The van der Waals surface area contributed by atoms with Crippen LogP contribution in [0.3, 0.4) is 0 Å². The molecule has 0 aromatic carbocycles. The highest BCUT2D eigenvalue weighted by atomic mass is 16.5. The Labute approximate surface area is 191 Å². The zero-order valence-corrected chi connectivity index (χ0v) is 21.3. The number of hydrogen-bond donors (Lipinski definition) is 1. The summed E-state index contributed by atoms with van der Waals surface area (Å²) in [5.74, 6) is 0. The van der Waals surface area contributed by atoms with Crippen LogP contribution in [0.5, 0.6) is 0 Å². The number of ether oxygens (including phenoxy) is 1. The maximum atomic E-state index is 10.1. The summed E-state index contributed by atoms with van der Waals surface area (Å²) in [6, 6.07) is 0. The van der Waals surface area contributed by atoms with Crippen LogP contribution in [0.2, 0.25) is 0 Å². The molecule has 2 unspecified atom stereocenters. The Morgan fingerprint density at radius 2 is 0.833 bits per heavy atom. The van der Waals surface area contributed by atoms with Gasteiger partial charge in [0.05, 0.1) is 18.8 Å². The minimum atomic E-state index is -0.269. The van der Waals surface area contributed by atoms with Crippen LogP contribution in [0.25, 0.3) is 0 Å². The standard InChI is InChI=1S/C28H58O2/c1-4-6-8-10-12-14-16-18-20-22-24-27(3)30-26-28(29)25-23-21-19-17-15-13-11-9-7-5-2/h27-29H,4-26H2,1-3H3. The van der Waals surface area contributed by atoms with Crippen molar-refractivity contribution in [1.29, 1.82) is 0 Å². The molecule has 0 fully saturated rings. The third-order valence-corrected chi connectivity index (χ3v) is 6.43. The molecule has 0 aliphatic heterocycles. The lowest BCUT2D eigenvalue weighted by molar-refractivity contribution is -0.00913. The Hall–Kier alpha value is -0.0800. The van der Waals surface area contributed by atoms with E-state index >= 15 is 0 Å². The van der Waals surface area contributed by atoms with Crippen molar-refractivity contribution < 1.29 is 9.84 Å². The van der Waals surface area contributed by atoms with Gasteiger partial charge < -0.3 is 9.84 Å². The Balaban J connectivity index is 3.28. The van der Waals surface area contributed by atoms with Gasteiger partial charge >= 0.3 is 0 Å². The zero-order chi connectivity index (χ0) is 22.1. The van der Waals surface area contributed by atoms with Gasteiger partial charge in [0.2, 0.25) is 0 Å². The first kappa shape index (κ1) is 29.9. The van der Waals surface area contributed by atoms with Gasteiger partial charge in [-0.2, -0.15) is 0 Å². The van der Waals surface area contributed by atoms with E-state index in [0.29, 0.717) is 12.7 Å². The molecule has 2 heteroatoms. The van der Waals surface area contributed by atoms with Gasteiger partial charge in [-0.1, -0.05) is 142 Å². The average Bonchev–Trinajstić information content (AvgIpc) is 2.75. The topological polar surface area (TPSA) is 29.5 Å². The van der Waals surface area contributed by atoms with E-state index in [2.05, 4.69) is 20.8 Å². The van der Waals surface area contributed by atoms with E-state index in [9.17, 15) is 5.11 Å². The second-order valence-electron chi connectivity index (χ2n) is 9.74. The minimum absolute atomic E-state index is 0.269. The first-order valence-corrected chi connectivity index (χ1v) is 14.0. The smallest absolute Gasteiger partial charge is 0.0773 e. The van der Waals surface area contributed by atoms with Crippen LogP contribution in [0, 0.1) is 0 Å². The highest BCUT2D eigenvalue weighted by Crippen LogP contribution is 2.14. The molecule has 2 atom stereocenters. The number of aliphatic hydroxyl groups is 1. The molecule has 2 nitrogen and oxygen atoms in total. The zero-order valence-electron chi connectivity index (χ0n) is 21.3. The molecule has 30 heavy (non-hydrogen) atoms. The molecule has 0 aliphatic rings. The molecule has 0 aliphatic carbocycles. The van der Waals surface area contributed by atoms with E-state index in [1.54, 1.807) is 0 Å². The van der Waals surface area contributed by atoms with E-state index in [1.165, 1.54) is 122 Å². The Morgan fingerprint density at radius 1 is 0.500 bits per heavy atom. The molecule has 182 valence electrons. The quantitative estimate of drug-likeness (QED) is 0.147. The summed E-state index contributed by atoms with van der Waals surface area (Å²) in [6.07, 6.45) is 29.4. The van der Waals surface area contributed by atoms with Crippen LogP contribution in [0.1, 0.15) is 162 Å². The molecule has 0 radical (unpaired) electrons. The fourth-order valence-electron chi connectivity index (χ4n) is 4.23. The number of aliphatic hydroxyl groups excluding tert-OH is 1. The van der Waals surface area contributed by atoms with Crippen LogP contribution in [-0.2, 0) is 4.74 Å². The molecule has 0 saturated heterocycles. The fraction of sp³-hybridized carbons (Fsp3) is 1.00. The fourth-order valence-corrected chi connectivity index (χ4v) is 4.23. The molecule has 0 bridgehead atoms. The van der Waals surface area contributed by atoms with E-state index in [4.69, 9.17) is 4.74 Å². The predicted octanol–water partition coefficient (Wildman–Crippen LogP) is 9.37. The van der Waals surface area contributed by atoms with Crippen molar-refractivity contribution in [2.45, 2.75) is 174 Å². The molecule has 0 aromatic heterocycles. The molecule has 0 saturated carbocycles. The van der Waals surface area contributed by atoms with E-state index in [-0.39, 0.29) is 6.10 Å². The third kappa shape index (κ3) is 24.2. The maximum Gasteiger partial charge on any atom is 0.0773 e. The SMILES string of the molecule is CCCCCCCCCCCCC(O)COC(C)CCCCCCCCCCCC. The molecular formula is C28H58O2. The average molecular weight is 427 g/mol. The van der Waals surface area contributed by atoms with E-state index < -0.39 is 0 Å². The van der Waals surface area contributed by atoms with Gasteiger partial charge in [0.15, 0.2) is 0 Å². The highest BCUT2D eigenvalue weighted by molar-refractivity contribution is 4.58. The van der Waals surface area contributed by atoms with Crippen molar-refractivity contribution in [3.8, 4) is 0 Å². The second kappa shape index (κ2) is 25.2. The van der Waals surface area contributed by atoms with Crippen molar-refractivity contribution in [3.63, 3.8) is 0 Å². The lowest BCUT2D eigenvalue weighted by atomic mass is 10.0. The van der Waals surface area contributed by atoms with Crippen molar-refractivity contribution >= 4 is 0 Å². The Morgan fingerprint density at radius 3 is 1.23 bits per heavy atom. The first-order chi connectivity index (χ1) is 14.7. The van der Waals surface area contributed by atoms with Gasteiger partial charge in [0, 0.05) is 0 Å². The van der Waals surface area contributed by atoms with Crippen molar-refractivity contribution in [2.24, 2.45) is 0 Å². The van der Waals surface area contributed by atoms with E-state index in [1.807, 2.05) is 0 Å². The third-order valence-electron chi connectivity index (χ3n) is 6.43. The summed E-state index contributed by atoms with van der Waals surface area (Å²) in [5, 5.41) is 10.1. The largest absolute Gasteiger partial charge is 0.391 e. The number of unbranched alkanes of at least 4 members (excludes halogenated alkanes) is 18. The molecule has 0 rings (SSSR count). The lowest BCUT2D eigenvalue weighted by Crippen LogP contribution is -2.19. The summed E-state index contributed by atoms with van der Waals surface area (Å²) < 4.78 is 5.88. The van der Waals surface area contributed by atoms with Gasteiger partial charge in [-0.05, 0) is 19.8 Å². The number of hydrogen-bond acceptors (Lipinski definition) is 2. The summed E-state index contributed by atoms with van der Waals surface area (Å²) >= 11 is 0. The van der Waals surface area contributed by atoms with Crippen molar-refractivity contribution in [1.82, 2.24) is 0 Å². The summed E-state index contributed by atoms with van der Waals surface area (Å²) in [4.78, 5) is 0. The van der Waals surface area contributed by atoms with Crippen LogP contribution in [0.15, 0.2) is 0 Å². The lowest BCUT2D eigenvalue weighted by Gasteiger charge is -2.16. The Bertz CT molecular complexity index is 275. The second-order valence-corrected chi connectivity index (χ2v) is 9.74. The van der Waals surface area contributed by atoms with Gasteiger partial charge in [0.25, 0.3) is 0 Å². The normalized spacial score (nSPS) is 13.6. The van der Waals surface area contributed by atoms with Gasteiger partial charge in [0.1, 0.15) is 0 Å². The molecule has 0 spiro atoms. The Kier molecular flexibility index (Phi) is 25.1. The molecule has 0 heterocycles. The van der Waals surface area contributed by atoms with Gasteiger partial charge in [-0.15, -0.1) is 0 Å². The summed E-state index contributed by atoms with van der Waals surface area (Å²) in [6.45, 7) is 7.25. The van der Waals surface area contributed by atoms with E-state index in [0.717, 1.165) is 19.3 Å². The van der Waals surface area contributed by atoms with Gasteiger partial charge in [-0.25, -0.2) is 0 Å². The number of rotatable bonds is 25. The van der Waals surface area contributed by atoms with Gasteiger partial charge in [-0.3, -0.25) is 0 Å². The highest BCUT2D eigenvalue weighted by Gasteiger charge is 2.08. The maximum absolute atomic E-state index is 10.1. The molecule has 1 N–H and O–H groups in total. The summed E-state index contributed by atoms with van der Waals surface area (Å²) in [7, 11) is 0. The molecular weight excluding hydrogens is 368 g/mol. The monoisotopic (exact) mass is 426 g/mol. The summed E-state index contributed by atoms with van der Waals surface area (Å²) in [5.41, 5.74) is 0.